The number of hydrogen-bond acceptors (Lipinski definition) is 8. The van der Waals surface area contributed by atoms with Crippen LogP contribution in [-0.2, 0) is 17.6 Å². The predicted octanol–water partition coefficient (Wildman–Crippen LogP) is 5.25. The van der Waals surface area contributed by atoms with Gasteiger partial charge < -0.3 is 9.84 Å². The second kappa shape index (κ2) is 11.8. The highest BCUT2D eigenvalue weighted by Gasteiger charge is 2.47. The van der Waals surface area contributed by atoms with Crippen molar-refractivity contribution >= 4 is 5.78 Å². The zero-order chi connectivity index (χ0) is 32.1. The van der Waals surface area contributed by atoms with Gasteiger partial charge in [-0.2, -0.15) is 10.1 Å². The lowest BCUT2D eigenvalue weighted by Gasteiger charge is -2.39. The van der Waals surface area contributed by atoms with Gasteiger partial charge in [-0.3, -0.25) is 18.9 Å². The van der Waals surface area contributed by atoms with Crippen LogP contribution in [0.15, 0.2) is 69.0 Å². The minimum Gasteiger partial charge on any atom is -0.388 e. The standard InChI is InChI=1S/C35H40N6O5/c1-4-8-28-27(20-22-11-12-25(23-9-6-5-7-10-23)26(19-22)30-38-33(43)46-39-30)31(42)40(32-36-21-37-41(28)32)24-13-16-35(17-14-24)18-15-29(45-35)34(2,3)44/h5-7,9-12,19,21,24,29,44H,4,8,13-18,20H2,1-3H3,(H,38,39,43). The molecule has 1 saturated heterocycles. The summed E-state index contributed by atoms with van der Waals surface area (Å²) in [6, 6.07) is 15.8. The van der Waals surface area contributed by atoms with Gasteiger partial charge >= 0.3 is 5.76 Å². The molecule has 0 radical (unpaired) electrons. The Morgan fingerprint density at radius 2 is 1.80 bits per heavy atom. The van der Waals surface area contributed by atoms with Crippen LogP contribution in [0.25, 0.3) is 28.3 Å². The van der Waals surface area contributed by atoms with Gasteiger partial charge in [-0.15, -0.1) is 0 Å². The molecule has 7 rings (SSSR count). The fraction of sp³-hybridized carbons (Fsp3) is 0.457. The van der Waals surface area contributed by atoms with Crippen molar-refractivity contribution in [2.75, 3.05) is 0 Å². The van der Waals surface area contributed by atoms with E-state index in [4.69, 9.17) is 9.26 Å². The van der Waals surface area contributed by atoms with Gasteiger partial charge in [-0.05, 0) is 81.5 Å². The number of benzene rings is 2. The van der Waals surface area contributed by atoms with Gasteiger partial charge in [0, 0.05) is 23.6 Å². The van der Waals surface area contributed by atoms with Crippen LogP contribution in [0.3, 0.4) is 0 Å². The molecule has 0 amide bonds. The van der Waals surface area contributed by atoms with E-state index < -0.39 is 11.4 Å². The molecular formula is C35H40N6O5. The number of ether oxygens (including phenoxy) is 1. The minimum absolute atomic E-state index is 0.0414. The Labute approximate surface area is 266 Å². The summed E-state index contributed by atoms with van der Waals surface area (Å²) in [6.45, 7) is 5.72. The van der Waals surface area contributed by atoms with Crippen molar-refractivity contribution in [3.05, 3.63) is 92.6 Å². The summed E-state index contributed by atoms with van der Waals surface area (Å²) in [7, 11) is 0. The molecule has 46 heavy (non-hydrogen) atoms. The molecule has 1 aliphatic carbocycles. The average Bonchev–Trinajstić information content (AvgIpc) is 3.81. The van der Waals surface area contributed by atoms with E-state index in [0.29, 0.717) is 35.6 Å². The predicted molar refractivity (Wildman–Crippen MR) is 173 cm³/mol. The fourth-order valence-corrected chi connectivity index (χ4v) is 7.46. The van der Waals surface area contributed by atoms with E-state index in [2.05, 4.69) is 27.1 Å². The Morgan fingerprint density at radius 3 is 2.48 bits per heavy atom. The number of aliphatic hydroxyl groups is 1. The molecule has 11 heteroatoms. The first-order chi connectivity index (χ1) is 22.2. The quantitative estimate of drug-likeness (QED) is 0.239. The van der Waals surface area contributed by atoms with Crippen LogP contribution >= 0.6 is 0 Å². The van der Waals surface area contributed by atoms with Crippen molar-refractivity contribution in [3.8, 4) is 22.5 Å². The van der Waals surface area contributed by atoms with E-state index in [1.54, 1.807) is 0 Å². The number of fused-ring (bicyclic) bond motifs is 1. The van der Waals surface area contributed by atoms with Crippen molar-refractivity contribution in [3.63, 3.8) is 0 Å². The highest BCUT2D eigenvalue weighted by atomic mass is 16.5. The van der Waals surface area contributed by atoms with Gasteiger partial charge in [0.2, 0.25) is 5.78 Å². The molecule has 0 bridgehead atoms. The van der Waals surface area contributed by atoms with Crippen LogP contribution in [0.4, 0.5) is 0 Å². The van der Waals surface area contributed by atoms with E-state index >= 15 is 0 Å². The number of nitrogens with zero attached hydrogens (tertiary/aromatic N) is 5. The molecule has 3 aromatic heterocycles. The lowest BCUT2D eigenvalue weighted by Crippen LogP contribution is -2.42. The summed E-state index contributed by atoms with van der Waals surface area (Å²) in [5.41, 5.74) is 3.85. The largest absolute Gasteiger partial charge is 0.439 e. The third-order valence-electron chi connectivity index (χ3n) is 9.83. The van der Waals surface area contributed by atoms with Crippen molar-refractivity contribution < 1.29 is 14.4 Å². The minimum atomic E-state index is -0.878. The number of aryl methyl sites for hydroxylation is 1. The maximum absolute atomic E-state index is 14.6. The van der Waals surface area contributed by atoms with Gasteiger partial charge in [0.1, 0.15) is 6.33 Å². The van der Waals surface area contributed by atoms with Gasteiger partial charge in [0.25, 0.3) is 5.56 Å². The highest BCUT2D eigenvalue weighted by molar-refractivity contribution is 5.81. The molecule has 1 spiro atoms. The van der Waals surface area contributed by atoms with Gasteiger partial charge in [-0.1, -0.05) is 61.0 Å². The summed E-state index contributed by atoms with van der Waals surface area (Å²) in [4.78, 5) is 33.8. The van der Waals surface area contributed by atoms with Crippen LogP contribution in [0.5, 0.6) is 0 Å². The average molecular weight is 625 g/mol. The Bertz CT molecular complexity index is 1970. The van der Waals surface area contributed by atoms with E-state index in [1.807, 2.05) is 71.5 Å². The SMILES string of the molecule is CCCc1c(Cc2ccc(-c3ccccc3)c(-c3noc(=O)[nH]3)c2)c(=O)n(C2CCC3(CC2)CCC(C(C)(C)O)O3)c2ncnn12. The lowest BCUT2D eigenvalue weighted by atomic mass is 9.80. The number of H-pyrrole nitrogens is 1. The van der Waals surface area contributed by atoms with Crippen molar-refractivity contribution in [2.24, 2.45) is 0 Å². The van der Waals surface area contributed by atoms with Crippen molar-refractivity contribution in [1.82, 2.24) is 29.3 Å². The topological polar surface area (TPSA) is 141 Å². The van der Waals surface area contributed by atoms with Crippen molar-refractivity contribution in [2.45, 2.75) is 102 Å². The second-order valence-electron chi connectivity index (χ2n) is 13.4. The third-order valence-corrected chi connectivity index (χ3v) is 9.83. The summed E-state index contributed by atoms with van der Waals surface area (Å²) in [5, 5.41) is 19.1. The van der Waals surface area contributed by atoms with Crippen LogP contribution < -0.4 is 11.3 Å². The molecule has 5 aromatic rings. The smallest absolute Gasteiger partial charge is 0.388 e. The molecule has 2 aromatic carbocycles. The van der Waals surface area contributed by atoms with E-state index in [-0.39, 0.29) is 23.3 Å². The van der Waals surface area contributed by atoms with Crippen LogP contribution in [-0.4, -0.2) is 51.7 Å². The molecule has 1 aliphatic heterocycles. The molecule has 240 valence electrons. The number of nitrogens with one attached hydrogen (secondary N) is 1. The third kappa shape index (κ3) is 5.51. The zero-order valence-electron chi connectivity index (χ0n) is 26.5. The first-order valence-electron chi connectivity index (χ1n) is 16.3. The number of rotatable bonds is 8. The molecule has 2 N–H and O–H groups in total. The zero-order valence-corrected chi connectivity index (χ0v) is 26.5. The molecular weight excluding hydrogens is 584 g/mol. The molecule has 1 atom stereocenters. The molecule has 2 aliphatic rings. The van der Waals surface area contributed by atoms with Crippen LogP contribution in [0.1, 0.15) is 88.6 Å². The number of hydrogen-bond donors (Lipinski definition) is 2. The Balaban J connectivity index is 1.27. The van der Waals surface area contributed by atoms with Gasteiger partial charge in [0.05, 0.1) is 23.0 Å². The first kappa shape index (κ1) is 30.3. The first-order valence-corrected chi connectivity index (χ1v) is 16.3. The maximum atomic E-state index is 14.6. The summed E-state index contributed by atoms with van der Waals surface area (Å²) in [5.74, 6) is 0.276. The second-order valence-corrected chi connectivity index (χ2v) is 13.4. The summed E-state index contributed by atoms with van der Waals surface area (Å²) < 4.78 is 15.0. The normalized spacial score (nSPS) is 21.8. The van der Waals surface area contributed by atoms with Crippen molar-refractivity contribution in [1.29, 1.82) is 0 Å². The van der Waals surface area contributed by atoms with E-state index in [1.165, 1.54) is 6.33 Å². The number of aromatic amines is 1. The van der Waals surface area contributed by atoms with E-state index in [9.17, 15) is 14.7 Å². The molecule has 1 saturated carbocycles. The number of aromatic nitrogens is 6. The lowest BCUT2D eigenvalue weighted by molar-refractivity contribution is -0.135. The Morgan fingerprint density at radius 1 is 1.04 bits per heavy atom. The summed E-state index contributed by atoms with van der Waals surface area (Å²) in [6.07, 6.45) is 8.21. The maximum Gasteiger partial charge on any atom is 0.439 e. The Kier molecular flexibility index (Phi) is 7.76. The van der Waals surface area contributed by atoms with Gasteiger partial charge in [-0.25, -0.2) is 9.31 Å². The monoisotopic (exact) mass is 624 g/mol. The van der Waals surface area contributed by atoms with Crippen LogP contribution in [0.2, 0.25) is 0 Å². The van der Waals surface area contributed by atoms with Gasteiger partial charge in [0.15, 0.2) is 5.82 Å². The van der Waals surface area contributed by atoms with E-state index in [0.717, 1.165) is 67.3 Å². The molecule has 2 fully saturated rings. The fourth-order valence-electron chi connectivity index (χ4n) is 7.46. The molecule has 11 nitrogen and oxygen atoms in total. The summed E-state index contributed by atoms with van der Waals surface area (Å²) >= 11 is 0. The Hall–Kier alpha value is -4.35. The molecule has 4 heterocycles. The van der Waals surface area contributed by atoms with Crippen LogP contribution in [0, 0.1) is 0 Å². The molecule has 1 unspecified atom stereocenters. The highest BCUT2D eigenvalue weighted by Crippen LogP contribution is 2.47.